The van der Waals surface area contributed by atoms with Crippen molar-refractivity contribution >= 4 is 48.0 Å². The van der Waals surface area contributed by atoms with Crippen LogP contribution in [0.1, 0.15) is 13.8 Å². The second-order valence-electron chi connectivity index (χ2n) is 4.52. The quantitative estimate of drug-likeness (QED) is 0.622. The molecule has 0 bridgehead atoms. The topological polar surface area (TPSA) is 96.2 Å². The minimum absolute atomic E-state index is 0. The van der Waals surface area contributed by atoms with Gasteiger partial charge in [-0.15, -0.1) is 24.8 Å². The number of halogens is 3. The molecule has 0 saturated carbocycles. The number of carbonyl (C=O) groups excluding carboxylic acids is 2. The molecule has 9 heteroatoms. The van der Waals surface area contributed by atoms with Gasteiger partial charge in [-0.2, -0.15) is 0 Å². The largest absolute Gasteiger partial charge is 0.381 e. The zero-order chi connectivity index (χ0) is 15.1. The van der Waals surface area contributed by atoms with Gasteiger partial charge in [0.15, 0.2) is 0 Å². The third-order valence-electron chi connectivity index (χ3n) is 2.33. The Hall–Kier alpha value is -1.57. The number of carbonyl (C=O) groups is 2. The van der Waals surface area contributed by atoms with Crippen molar-refractivity contribution < 1.29 is 14.0 Å². The van der Waals surface area contributed by atoms with Gasteiger partial charge in [-0.3, -0.25) is 9.59 Å². The summed E-state index contributed by atoms with van der Waals surface area (Å²) in [6, 6.07) is 4.20. The summed E-state index contributed by atoms with van der Waals surface area (Å²) in [5.74, 6) is -1.34. The highest BCUT2D eigenvalue weighted by Gasteiger charge is 2.10. The zero-order valence-electron chi connectivity index (χ0n) is 12.3. The Kier molecular flexibility index (Phi) is 11.4. The summed E-state index contributed by atoms with van der Waals surface area (Å²) in [5.41, 5.74) is 6.04. The zero-order valence-corrected chi connectivity index (χ0v) is 13.9. The number of nitrogens with one attached hydrogen (secondary N) is 3. The molecule has 0 fully saturated rings. The van der Waals surface area contributed by atoms with Crippen LogP contribution in [0.3, 0.4) is 0 Å². The van der Waals surface area contributed by atoms with Crippen molar-refractivity contribution in [3.05, 3.63) is 24.0 Å². The van der Waals surface area contributed by atoms with Crippen LogP contribution in [0.4, 0.5) is 15.8 Å². The van der Waals surface area contributed by atoms with E-state index in [4.69, 9.17) is 5.73 Å². The van der Waals surface area contributed by atoms with Crippen LogP contribution in [0.2, 0.25) is 0 Å². The number of hydrogen-bond acceptors (Lipinski definition) is 4. The van der Waals surface area contributed by atoms with Gasteiger partial charge in [0.25, 0.3) is 0 Å². The van der Waals surface area contributed by atoms with Gasteiger partial charge in [-0.1, -0.05) is 0 Å². The van der Waals surface area contributed by atoms with Crippen LogP contribution in [0.5, 0.6) is 0 Å². The third kappa shape index (κ3) is 8.02. The third-order valence-corrected chi connectivity index (χ3v) is 2.33. The minimum atomic E-state index is -0.458. The van der Waals surface area contributed by atoms with Gasteiger partial charge < -0.3 is 21.7 Å². The van der Waals surface area contributed by atoms with E-state index in [1.807, 2.05) is 13.8 Å². The summed E-state index contributed by atoms with van der Waals surface area (Å²) in [7, 11) is 0. The summed E-state index contributed by atoms with van der Waals surface area (Å²) in [5, 5.41) is 7.97. The summed E-state index contributed by atoms with van der Waals surface area (Å²) in [6.45, 7) is 3.45. The van der Waals surface area contributed by atoms with Crippen LogP contribution in [0, 0.1) is 5.82 Å². The molecule has 0 spiro atoms. The van der Waals surface area contributed by atoms with Crippen LogP contribution in [0.25, 0.3) is 0 Å². The highest BCUT2D eigenvalue weighted by Crippen LogP contribution is 2.23. The number of rotatable bonds is 6. The van der Waals surface area contributed by atoms with Gasteiger partial charge in [-0.25, -0.2) is 4.39 Å². The van der Waals surface area contributed by atoms with E-state index in [1.165, 1.54) is 12.1 Å². The molecule has 2 amide bonds. The highest BCUT2D eigenvalue weighted by atomic mass is 35.5. The lowest BCUT2D eigenvalue weighted by atomic mass is 10.2. The van der Waals surface area contributed by atoms with Crippen LogP contribution in [-0.2, 0) is 9.59 Å². The molecule has 6 nitrogen and oxygen atoms in total. The molecule has 0 aliphatic heterocycles. The van der Waals surface area contributed by atoms with Gasteiger partial charge >= 0.3 is 0 Å². The number of benzene rings is 1. The molecule has 0 saturated heterocycles. The molecule has 1 rings (SSSR count). The van der Waals surface area contributed by atoms with Crippen molar-refractivity contribution in [2.45, 2.75) is 19.9 Å². The number of nitrogens with two attached hydrogens (primary N) is 1. The molecule has 1 aromatic rings. The van der Waals surface area contributed by atoms with Crippen LogP contribution in [0.15, 0.2) is 18.2 Å². The first-order valence-electron chi connectivity index (χ1n) is 6.25. The molecule has 1 aromatic carbocycles. The predicted octanol–water partition coefficient (Wildman–Crippen LogP) is 1.50. The number of hydrogen-bond donors (Lipinski definition) is 4. The molecule has 5 N–H and O–H groups in total. The monoisotopic (exact) mass is 354 g/mol. The molecular weight excluding hydrogens is 334 g/mol. The van der Waals surface area contributed by atoms with Crippen LogP contribution >= 0.6 is 24.8 Å². The van der Waals surface area contributed by atoms with Crippen LogP contribution in [-0.4, -0.2) is 30.9 Å². The molecular formula is C13H21Cl2FN4O2. The smallest absolute Gasteiger partial charge is 0.243 e. The van der Waals surface area contributed by atoms with Gasteiger partial charge in [-0.05, 0) is 32.0 Å². The van der Waals surface area contributed by atoms with Crippen molar-refractivity contribution in [3.8, 4) is 0 Å². The Morgan fingerprint density at radius 3 is 2.36 bits per heavy atom. The lowest BCUT2D eigenvalue weighted by Gasteiger charge is -2.15. The second kappa shape index (κ2) is 11.1. The average molecular weight is 355 g/mol. The SMILES string of the molecule is CC(C)Nc1ccc(F)cc1NC(=O)CNC(=O)CN.Cl.Cl. The molecule has 0 aliphatic carbocycles. The first-order valence-corrected chi connectivity index (χ1v) is 6.25. The van der Waals surface area contributed by atoms with E-state index in [1.54, 1.807) is 6.07 Å². The molecule has 126 valence electrons. The average Bonchev–Trinajstić information content (AvgIpc) is 2.38. The molecule has 0 aromatic heterocycles. The fourth-order valence-electron chi connectivity index (χ4n) is 1.50. The lowest BCUT2D eigenvalue weighted by Crippen LogP contribution is -2.36. The van der Waals surface area contributed by atoms with E-state index in [0.29, 0.717) is 11.4 Å². The van der Waals surface area contributed by atoms with E-state index in [-0.39, 0.29) is 43.9 Å². The second-order valence-corrected chi connectivity index (χ2v) is 4.52. The van der Waals surface area contributed by atoms with Gasteiger partial charge in [0.1, 0.15) is 5.82 Å². The maximum Gasteiger partial charge on any atom is 0.243 e. The minimum Gasteiger partial charge on any atom is -0.381 e. The van der Waals surface area contributed by atoms with E-state index in [2.05, 4.69) is 16.0 Å². The first-order chi connectivity index (χ1) is 9.42. The fraction of sp³-hybridized carbons (Fsp3) is 0.385. The molecule has 0 heterocycles. The van der Waals surface area contributed by atoms with E-state index < -0.39 is 17.6 Å². The summed E-state index contributed by atoms with van der Waals surface area (Å²) in [4.78, 5) is 22.6. The van der Waals surface area contributed by atoms with Crippen molar-refractivity contribution in [2.24, 2.45) is 5.73 Å². The Morgan fingerprint density at radius 2 is 1.82 bits per heavy atom. The highest BCUT2D eigenvalue weighted by molar-refractivity contribution is 5.97. The van der Waals surface area contributed by atoms with Crippen molar-refractivity contribution in [3.63, 3.8) is 0 Å². The standard InChI is InChI=1S/C13H19FN4O2.2ClH/c1-8(2)17-10-4-3-9(14)5-11(10)18-13(20)7-16-12(19)6-15;;/h3-5,8,17H,6-7,15H2,1-2H3,(H,16,19)(H,18,20);2*1H. The molecule has 0 radical (unpaired) electrons. The lowest BCUT2D eigenvalue weighted by molar-refractivity contribution is -0.123. The van der Waals surface area contributed by atoms with Gasteiger partial charge in [0.2, 0.25) is 11.8 Å². The Morgan fingerprint density at radius 1 is 1.18 bits per heavy atom. The molecule has 22 heavy (non-hydrogen) atoms. The van der Waals surface area contributed by atoms with Gasteiger partial charge in [0.05, 0.1) is 24.5 Å². The summed E-state index contributed by atoms with van der Waals surface area (Å²) in [6.07, 6.45) is 0. The Balaban J connectivity index is 0. The Bertz CT molecular complexity index is 501. The van der Waals surface area contributed by atoms with E-state index in [0.717, 1.165) is 0 Å². The maximum atomic E-state index is 13.2. The summed E-state index contributed by atoms with van der Waals surface area (Å²) >= 11 is 0. The maximum absolute atomic E-state index is 13.2. The van der Waals surface area contributed by atoms with Gasteiger partial charge in [0, 0.05) is 6.04 Å². The molecule has 0 unspecified atom stereocenters. The molecule has 0 atom stereocenters. The first kappa shape index (κ1) is 22.7. The summed E-state index contributed by atoms with van der Waals surface area (Å²) < 4.78 is 13.2. The van der Waals surface area contributed by atoms with Crippen molar-refractivity contribution in [2.75, 3.05) is 23.7 Å². The Labute approximate surface area is 141 Å². The van der Waals surface area contributed by atoms with Crippen molar-refractivity contribution in [1.29, 1.82) is 0 Å². The van der Waals surface area contributed by atoms with E-state index >= 15 is 0 Å². The predicted molar refractivity (Wildman–Crippen MR) is 90.3 cm³/mol. The van der Waals surface area contributed by atoms with Crippen molar-refractivity contribution in [1.82, 2.24) is 5.32 Å². The normalized spacial score (nSPS) is 9.32. The van der Waals surface area contributed by atoms with Crippen LogP contribution < -0.4 is 21.7 Å². The van der Waals surface area contributed by atoms with E-state index in [9.17, 15) is 14.0 Å². The number of anilines is 2. The fourth-order valence-corrected chi connectivity index (χ4v) is 1.50. The molecule has 0 aliphatic rings. The number of amides is 2.